The zero-order chi connectivity index (χ0) is 12.0. The molecule has 16 heavy (non-hydrogen) atoms. The molecular formula is C12H17ClFNO. The summed E-state index contributed by atoms with van der Waals surface area (Å²) in [6.45, 7) is 4.20. The number of rotatable bonds is 6. The van der Waals surface area contributed by atoms with Crippen LogP contribution in [0.25, 0.3) is 0 Å². The van der Waals surface area contributed by atoms with E-state index < -0.39 is 0 Å². The Morgan fingerprint density at radius 1 is 1.38 bits per heavy atom. The first-order valence-corrected chi connectivity index (χ1v) is 5.82. The molecule has 90 valence electrons. The molecule has 0 saturated heterocycles. The molecule has 0 bridgehead atoms. The molecule has 0 fully saturated rings. The van der Waals surface area contributed by atoms with E-state index in [1.807, 2.05) is 0 Å². The third-order valence-corrected chi connectivity index (χ3v) is 2.73. The quantitative estimate of drug-likeness (QED) is 0.833. The molecule has 0 aliphatic heterocycles. The maximum Gasteiger partial charge on any atom is 0.123 e. The Bertz CT molecular complexity index is 327. The van der Waals surface area contributed by atoms with E-state index in [4.69, 9.17) is 16.7 Å². The van der Waals surface area contributed by atoms with Gasteiger partial charge in [0.05, 0.1) is 6.61 Å². The fourth-order valence-corrected chi connectivity index (χ4v) is 1.81. The van der Waals surface area contributed by atoms with Gasteiger partial charge >= 0.3 is 0 Å². The molecule has 0 amide bonds. The molecule has 0 aliphatic carbocycles. The second-order valence-electron chi connectivity index (χ2n) is 3.74. The van der Waals surface area contributed by atoms with Crippen molar-refractivity contribution in [2.24, 2.45) is 0 Å². The van der Waals surface area contributed by atoms with Crippen LogP contribution < -0.4 is 0 Å². The van der Waals surface area contributed by atoms with Crippen molar-refractivity contribution in [1.29, 1.82) is 0 Å². The maximum atomic E-state index is 13.0. The number of halogens is 2. The van der Waals surface area contributed by atoms with Gasteiger partial charge in [-0.2, -0.15) is 0 Å². The smallest absolute Gasteiger partial charge is 0.123 e. The lowest BCUT2D eigenvalue weighted by atomic mass is 10.2. The molecule has 0 atom stereocenters. The van der Waals surface area contributed by atoms with E-state index in [9.17, 15) is 4.39 Å². The fourth-order valence-electron chi connectivity index (χ4n) is 1.63. The number of aliphatic hydroxyl groups excluding tert-OH is 1. The van der Waals surface area contributed by atoms with E-state index >= 15 is 0 Å². The van der Waals surface area contributed by atoms with Crippen LogP contribution in [0.2, 0.25) is 5.02 Å². The lowest BCUT2D eigenvalue weighted by Crippen LogP contribution is -2.27. The molecule has 4 heteroatoms. The molecule has 0 unspecified atom stereocenters. The van der Waals surface area contributed by atoms with E-state index in [1.54, 1.807) is 6.07 Å². The van der Waals surface area contributed by atoms with Gasteiger partial charge in [-0.15, -0.1) is 0 Å². The van der Waals surface area contributed by atoms with Crippen LogP contribution in [0.15, 0.2) is 18.2 Å². The third-order valence-electron chi connectivity index (χ3n) is 2.36. The van der Waals surface area contributed by atoms with E-state index in [1.165, 1.54) is 12.1 Å². The van der Waals surface area contributed by atoms with Gasteiger partial charge < -0.3 is 5.11 Å². The molecule has 0 saturated carbocycles. The van der Waals surface area contributed by atoms with Gasteiger partial charge in [0.1, 0.15) is 5.82 Å². The summed E-state index contributed by atoms with van der Waals surface area (Å²) in [6, 6.07) is 4.36. The van der Waals surface area contributed by atoms with Gasteiger partial charge in [0, 0.05) is 18.1 Å². The average Bonchev–Trinajstić information content (AvgIpc) is 2.24. The maximum absolute atomic E-state index is 13.0. The largest absolute Gasteiger partial charge is 0.395 e. The van der Waals surface area contributed by atoms with Crippen LogP contribution in [0.3, 0.4) is 0 Å². The molecule has 1 aromatic carbocycles. The van der Waals surface area contributed by atoms with Crippen molar-refractivity contribution in [3.63, 3.8) is 0 Å². The van der Waals surface area contributed by atoms with Crippen LogP contribution in [-0.4, -0.2) is 29.7 Å². The fraction of sp³-hybridized carbons (Fsp3) is 0.500. The van der Waals surface area contributed by atoms with Crippen LogP contribution >= 0.6 is 11.6 Å². The van der Waals surface area contributed by atoms with E-state index in [-0.39, 0.29) is 12.4 Å². The highest BCUT2D eigenvalue weighted by Gasteiger charge is 2.08. The van der Waals surface area contributed by atoms with Crippen molar-refractivity contribution in [3.05, 3.63) is 34.6 Å². The predicted molar refractivity (Wildman–Crippen MR) is 64.1 cm³/mol. The minimum atomic E-state index is -0.278. The standard InChI is InChI=1S/C12H17ClFNO/c1-2-5-15(6-7-16)9-10-8-11(14)3-4-12(10)13/h3-4,8,16H,2,5-7,9H2,1H3. The molecule has 1 N–H and O–H groups in total. The topological polar surface area (TPSA) is 23.5 Å². The highest BCUT2D eigenvalue weighted by atomic mass is 35.5. The Hall–Kier alpha value is -0.640. The number of hydrogen-bond donors (Lipinski definition) is 1. The molecule has 0 heterocycles. The number of benzene rings is 1. The molecule has 0 spiro atoms. The predicted octanol–water partition coefficient (Wildman–Crippen LogP) is 2.68. The summed E-state index contributed by atoms with van der Waals surface area (Å²) in [5.41, 5.74) is 0.767. The molecule has 0 radical (unpaired) electrons. The summed E-state index contributed by atoms with van der Waals surface area (Å²) in [4.78, 5) is 2.06. The summed E-state index contributed by atoms with van der Waals surface area (Å²) in [7, 11) is 0. The molecule has 1 aromatic rings. The highest BCUT2D eigenvalue weighted by molar-refractivity contribution is 6.31. The second-order valence-corrected chi connectivity index (χ2v) is 4.14. The van der Waals surface area contributed by atoms with Crippen molar-refractivity contribution in [2.75, 3.05) is 19.7 Å². The number of nitrogens with zero attached hydrogens (tertiary/aromatic N) is 1. The van der Waals surface area contributed by atoms with Crippen LogP contribution in [-0.2, 0) is 6.54 Å². The van der Waals surface area contributed by atoms with Gasteiger partial charge in [0.15, 0.2) is 0 Å². The molecular weight excluding hydrogens is 229 g/mol. The van der Waals surface area contributed by atoms with Gasteiger partial charge in [0.25, 0.3) is 0 Å². The zero-order valence-corrected chi connectivity index (χ0v) is 10.2. The van der Waals surface area contributed by atoms with E-state index in [0.717, 1.165) is 18.5 Å². The van der Waals surface area contributed by atoms with Crippen LogP contribution in [0.5, 0.6) is 0 Å². The summed E-state index contributed by atoms with van der Waals surface area (Å²) < 4.78 is 13.0. The summed E-state index contributed by atoms with van der Waals surface area (Å²) in [5.74, 6) is -0.278. The summed E-state index contributed by atoms with van der Waals surface area (Å²) in [5, 5.41) is 9.49. The summed E-state index contributed by atoms with van der Waals surface area (Å²) >= 11 is 5.98. The Morgan fingerprint density at radius 3 is 2.75 bits per heavy atom. The third kappa shape index (κ3) is 4.08. The molecule has 2 nitrogen and oxygen atoms in total. The lowest BCUT2D eigenvalue weighted by molar-refractivity contribution is 0.190. The molecule has 1 rings (SSSR count). The minimum absolute atomic E-state index is 0.104. The Morgan fingerprint density at radius 2 is 2.12 bits per heavy atom. The van der Waals surface area contributed by atoms with Crippen molar-refractivity contribution in [1.82, 2.24) is 4.90 Å². The van der Waals surface area contributed by atoms with Crippen LogP contribution in [0.1, 0.15) is 18.9 Å². The number of hydrogen-bond acceptors (Lipinski definition) is 2. The molecule has 0 aromatic heterocycles. The van der Waals surface area contributed by atoms with Gasteiger partial charge in [-0.25, -0.2) is 4.39 Å². The average molecular weight is 246 g/mol. The van der Waals surface area contributed by atoms with Gasteiger partial charge in [-0.05, 0) is 36.7 Å². The van der Waals surface area contributed by atoms with Gasteiger partial charge in [-0.3, -0.25) is 4.90 Å². The Labute approximate surface area is 101 Å². The van der Waals surface area contributed by atoms with E-state index in [2.05, 4.69) is 11.8 Å². The van der Waals surface area contributed by atoms with Crippen molar-refractivity contribution in [3.8, 4) is 0 Å². The van der Waals surface area contributed by atoms with Crippen molar-refractivity contribution >= 4 is 11.6 Å². The molecule has 0 aliphatic rings. The van der Waals surface area contributed by atoms with Crippen LogP contribution in [0, 0.1) is 5.82 Å². The lowest BCUT2D eigenvalue weighted by Gasteiger charge is -2.21. The summed E-state index contributed by atoms with van der Waals surface area (Å²) in [6.07, 6.45) is 0.993. The Balaban J connectivity index is 2.71. The monoisotopic (exact) mass is 245 g/mol. The van der Waals surface area contributed by atoms with Crippen LogP contribution in [0.4, 0.5) is 4.39 Å². The van der Waals surface area contributed by atoms with E-state index in [0.29, 0.717) is 18.1 Å². The first kappa shape index (κ1) is 13.4. The Kier molecular flexibility index (Phi) is 5.74. The first-order valence-electron chi connectivity index (χ1n) is 5.44. The normalized spacial score (nSPS) is 11.1. The van der Waals surface area contributed by atoms with Gasteiger partial charge in [-0.1, -0.05) is 18.5 Å². The van der Waals surface area contributed by atoms with Gasteiger partial charge in [0.2, 0.25) is 0 Å². The SMILES string of the molecule is CCCN(CCO)Cc1cc(F)ccc1Cl. The second kappa shape index (κ2) is 6.84. The van der Waals surface area contributed by atoms with Crippen molar-refractivity contribution < 1.29 is 9.50 Å². The minimum Gasteiger partial charge on any atom is -0.395 e. The number of aliphatic hydroxyl groups is 1. The zero-order valence-electron chi connectivity index (χ0n) is 9.42. The highest BCUT2D eigenvalue weighted by Crippen LogP contribution is 2.18. The first-order chi connectivity index (χ1) is 7.67. The van der Waals surface area contributed by atoms with Crippen molar-refractivity contribution in [2.45, 2.75) is 19.9 Å².